The van der Waals surface area contributed by atoms with Gasteiger partial charge >= 0.3 is 5.97 Å². The van der Waals surface area contributed by atoms with E-state index in [2.05, 4.69) is 5.32 Å². The van der Waals surface area contributed by atoms with Crippen LogP contribution < -0.4 is 16.2 Å². The Morgan fingerprint density at radius 1 is 1.42 bits per heavy atom. The van der Waals surface area contributed by atoms with Gasteiger partial charge in [0.05, 0.1) is 29.3 Å². The first kappa shape index (κ1) is 15.3. The van der Waals surface area contributed by atoms with E-state index in [-0.39, 0.29) is 23.8 Å². The summed E-state index contributed by atoms with van der Waals surface area (Å²) in [5, 5.41) is 7.89. The van der Waals surface area contributed by atoms with Gasteiger partial charge < -0.3 is 15.8 Å². The summed E-state index contributed by atoms with van der Waals surface area (Å²) < 4.78 is 27.2. The zero-order valence-corrected chi connectivity index (χ0v) is 11.4. The number of ether oxygens (including phenoxy) is 1. The molecule has 0 aliphatic heterocycles. The second kappa shape index (κ2) is 6.39. The molecule has 0 aliphatic rings. The van der Waals surface area contributed by atoms with Crippen molar-refractivity contribution in [2.75, 3.05) is 24.2 Å². The Bertz CT molecular complexity index is 557. The number of carbonyl (C=O) groups is 1. The highest BCUT2D eigenvalue weighted by Gasteiger charge is 2.10. The molecule has 0 amide bonds. The molecule has 7 nitrogen and oxygen atoms in total. The van der Waals surface area contributed by atoms with Gasteiger partial charge in [-0.15, -0.1) is 0 Å². The van der Waals surface area contributed by atoms with Gasteiger partial charge in [0.15, 0.2) is 0 Å². The third-order valence-corrected chi connectivity index (χ3v) is 3.21. The number of rotatable bonds is 6. The van der Waals surface area contributed by atoms with Crippen LogP contribution in [0.15, 0.2) is 23.1 Å². The Morgan fingerprint density at radius 3 is 2.68 bits per heavy atom. The van der Waals surface area contributed by atoms with Crippen LogP contribution in [0.2, 0.25) is 0 Å². The fourth-order valence-corrected chi connectivity index (χ4v) is 1.94. The molecule has 0 fully saturated rings. The van der Waals surface area contributed by atoms with Gasteiger partial charge in [0.25, 0.3) is 0 Å². The molecule has 1 rings (SSSR count). The molecule has 5 N–H and O–H groups in total. The quantitative estimate of drug-likeness (QED) is 0.510. The first-order valence-corrected chi connectivity index (χ1v) is 7.21. The molecule has 106 valence electrons. The average Bonchev–Trinajstić information content (AvgIpc) is 2.30. The second-order valence-electron chi connectivity index (χ2n) is 3.78. The molecule has 0 radical (unpaired) electrons. The smallest absolute Gasteiger partial charge is 0.307 e. The Morgan fingerprint density at radius 2 is 2.11 bits per heavy atom. The van der Waals surface area contributed by atoms with Crippen molar-refractivity contribution in [3.05, 3.63) is 18.2 Å². The fourth-order valence-electron chi connectivity index (χ4n) is 1.40. The zero-order chi connectivity index (χ0) is 14.5. The molecular weight excluding hydrogens is 270 g/mol. The van der Waals surface area contributed by atoms with Gasteiger partial charge in [-0.25, -0.2) is 13.6 Å². The van der Waals surface area contributed by atoms with Gasteiger partial charge in [-0.1, -0.05) is 0 Å². The van der Waals surface area contributed by atoms with Crippen LogP contribution >= 0.6 is 0 Å². The Kier molecular flexibility index (Phi) is 5.13. The monoisotopic (exact) mass is 287 g/mol. The number of hydrogen-bond acceptors (Lipinski definition) is 6. The maximum atomic E-state index is 11.2. The van der Waals surface area contributed by atoms with E-state index < -0.39 is 10.0 Å². The lowest BCUT2D eigenvalue weighted by molar-refractivity contribution is -0.142. The van der Waals surface area contributed by atoms with Gasteiger partial charge in [-0.05, 0) is 25.1 Å². The van der Waals surface area contributed by atoms with Crippen molar-refractivity contribution in [2.45, 2.75) is 18.2 Å². The molecule has 19 heavy (non-hydrogen) atoms. The number of esters is 1. The zero-order valence-electron chi connectivity index (χ0n) is 10.5. The summed E-state index contributed by atoms with van der Waals surface area (Å²) >= 11 is 0. The molecule has 0 bridgehead atoms. The van der Waals surface area contributed by atoms with E-state index in [4.69, 9.17) is 15.6 Å². The van der Waals surface area contributed by atoms with E-state index in [1.54, 1.807) is 6.92 Å². The van der Waals surface area contributed by atoms with Gasteiger partial charge in [-0.2, -0.15) is 0 Å². The Hall–Kier alpha value is -1.80. The topological polar surface area (TPSA) is 125 Å². The number of hydrogen-bond donors (Lipinski definition) is 3. The normalized spacial score (nSPS) is 11.1. The summed E-state index contributed by atoms with van der Waals surface area (Å²) in [6.07, 6.45) is 0.160. The van der Waals surface area contributed by atoms with Crippen molar-refractivity contribution in [2.24, 2.45) is 5.14 Å². The number of nitrogens with one attached hydrogen (secondary N) is 1. The lowest BCUT2D eigenvalue weighted by atomic mass is 10.2. The number of benzene rings is 1. The van der Waals surface area contributed by atoms with E-state index >= 15 is 0 Å². The van der Waals surface area contributed by atoms with Crippen molar-refractivity contribution < 1.29 is 17.9 Å². The summed E-state index contributed by atoms with van der Waals surface area (Å²) in [5.41, 5.74) is 6.48. The maximum absolute atomic E-state index is 11.2. The minimum Gasteiger partial charge on any atom is -0.466 e. The average molecular weight is 287 g/mol. The number of primary sulfonamides is 1. The summed E-state index contributed by atoms with van der Waals surface area (Å²) in [5.74, 6) is -0.337. The summed E-state index contributed by atoms with van der Waals surface area (Å²) in [4.78, 5) is 11.1. The molecule has 0 spiro atoms. The molecule has 0 aliphatic carbocycles. The number of nitrogens with two attached hydrogens (primary N) is 2. The van der Waals surface area contributed by atoms with Crippen LogP contribution in [0.5, 0.6) is 0 Å². The molecule has 8 heteroatoms. The fraction of sp³-hybridized carbons (Fsp3) is 0.364. The number of sulfonamides is 1. The highest BCUT2D eigenvalue weighted by atomic mass is 32.2. The Balaban J connectivity index is 2.70. The third-order valence-electron chi connectivity index (χ3n) is 2.30. The van der Waals surface area contributed by atoms with E-state index in [0.29, 0.717) is 18.0 Å². The molecule has 1 aromatic rings. The lowest BCUT2D eigenvalue weighted by Crippen LogP contribution is -2.14. The molecule has 0 aromatic heterocycles. The van der Waals surface area contributed by atoms with Crippen LogP contribution in [-0.4, -0.2) is 27.5 Å². The van der Waals surface area contributed by atoms with E-state index in [9.17, 15) is 13.2 Å². The van der Waals surface area contributed by atoms with Gasteiger partial charge in [0, 0.05) is 6.54 Å². The van der Waals surface area contributed by atoms with Crippen LogP contribution in [0.25, 0.3) is 0 Å². The number of nitrogen functional groups attached to an aromatic ring is 1. The molecular formula is C11H17N3O4S. The predicted molar refractivity (Wildman–Crippen MR) is 72.0 cm³/mol. The number of carbonyl (C=O) groups excluding carboxylic acids is 1. The van der Waals surface area contributed by atoms with Crippen molar-refractivity contribution in [3.8, 4) is 0 Å². The molecule has 1 aromatic carbocycles. The SMILES string of the molecule is CCOC(=O)CCNc1cc(S(N)(=O)=O)ccc1N. The molecule has 0 saturated carbocycles. The van der Waals surface area contributed by atoms with Crippen molar-refractivity contribution in [1.82, 2.24) is 0 Å². The van der Waals surface area contributed by atoms with E-state index in [1.807, 2.05) is 0 Å². The van der Waals surface area contributed by atoms with E-state index in [0.717, 1.165) is 0 Å². The van der Waals surface area contributed by atoms with Gasteiger partial charge in [0.2, 0.25) is 10.0 Å². The summed E-state index contributed by atoms with van der Waals surface area (Å²) in [6.45, 7) is 2.33. The van der Waals surface area contributed by atoms with Gasteiger partial charge in [-0.3, -0.25) is 4.79 Å². The van der Waals surface area contributed by atoms with Crippen LogP contribution in [0, 0.1) is 0 Å². The summed E-state index contributed by atoms with van der Waals surface area (Å²) in [6, 6.07) is 4.09. The molecule has 0 heterocycles. The second-order valence-corrected chi connectivity index (χ2v) is 5.34. The minimum atomic E-state index is -3.78. The van der Waals surface area contributed by atoms with Crippen LogP contribution in [0.1, 0.15) is 13.3 Å². The predicted octanol–water partition coefficient (Wildman–Crippen LogP) is 0.281. The molecule has 0 saturated heterocycles. The van der Waals surface area contributed by atoms with Crippen LogP contribution in [-0.2, 0) is 19.6 Å². The maximum Gasteiger partial charge on any atom is 0.307 e. The van der Waals surface area contributed by atoms with Crippen molar-refractivity contribution >= 4 is 27.4 Å². The standard InChI is InChI=1S/C11H17N3O4S/c1-2-18-11(15)5-6-14-10-7-8(19(13,16)17)3-4-9(10)12/h3-4,7,14H,2,5-6,12H2,1H3,(H2,13,16,17). The van der Waals surface area contributed by atoms with Crippen molar-refractivity contribution in [3.63, 3.8) is 0 Å². The highest BCUT2D eigenvalue weighted by molar-refractivity contribution is 7.89. The Labute approximate surface area is 112 Å². The third kappa shape index (κ3) is 4.76. The number of anilines is 2. The van der Waals surface area contributed by atoms with Crippen LogP contribution in [0.4, 0.5) is 11.4 Å². The first-order chi connectivity index (χ1) is 8.84. The molecule has 0 atom stereocenters. The van der Waals surface area contributed by atoms with E-state index in [1.165, 1.54) is 18.2 Å². The molecule has 0 unspecified atom stereocenters. The van der Waals surface area contributed by atoms with Crippen molar-refractivity contribution in [1.29, 1.82) is 0 Å². The summed E-state index contributed by atoms with van der Waals surface area (Å²) in [7, 11) is -3.78. The lowest BCUT2D eigenvalue weighted by Gasteiger charge is -2.10. The van der Waals surface area contributed by atoms with Crippen LogP contribution in [0.3, 0.4) is 0 Å². The largest absolute Gasteiger partial charge is 0.466 e. The first-order valence-electron chi connectivity index (χ1n) is 5.66. The minimum absolute atomic E-state index is 0.0414. The highest BCUT2D eigenvalue weighted by Crippen LogP contribution is 2.22. The van der Waals surface area contributed by atoms with Gasteiger partial charge in [0.1, 0.15) is 0 Å².